The molecule has 2 aromatic rings. The molecule has 1 saturated heterocycles. The Labute approximate surface area is 138 Å². The summed E-state index contributed by atoms with van der Waals surface area (Å²) in [5.41, 5.74) is 6.32. The lowest BCUT2D eigenvalue weighted by atomic mass is 9.88. The van der Waals surface area contributed by atoms with Crippen LogP contribution in [-0.4, -0.2) is 43.0 Å². The molecule has 3 aliphatic rings. The van der Waals surface area contributed by atoms with Crippen LogP contribution in [-0.2, 0) is 0 Å². The summed E-state index contributed by atoms with van der Waals surface area (Å²) in [5.74, 6) is 1.51. The van der Waals surface area contributed by atoms with E-state index in [9.17, 15) is 0 Å². The predicted octanol–water partition coefficient (Wildman–Crippen LogP) is 3.61. The number of hydrogen-bond acceptors (Lipinski definition) is 2. The maximum absolute atomic E-state index is 2.67. The lowest BCUT2D eigenvalue weighted by Gasteiger charge is -2.47. The van der Waals surface area contributed by atoms with Crippen LogP contribution in [0.4, 0.5) is 0 Å². The Morgan fingerprint density at radius 3 is 1.74 bits per heavy atom. The van der Waals surface area contributed by atoms with E-state index in [4.69, 9.17) is 0 Å². The van der Waals surface area contributed by atoms with Crippen LogP contribution >= 0.6 is 0 Å². The van der Waals surface area contributed by atoms with Gasteiger partial charge in [0.15, 0.2) is 0 Å². The zero-order chi connectivity index (χ0) is 15.6. The molecule has 23 heavy (non-hydrogen) atoms. The molecule has 5 rings (SSSR count). The van der Waals surface area contributed by atoms with E-state index in [-0.39, 0.29) is 0 Å². The number of fused-ring (bicyclic) bond motifs is 5. The first-order valence-corrected chi connectivity index (χ1v) is 8.82. The van der Waals surface area contributed by atoms with Crippen molar-refractivity contribution in [2.75, 3.05) is 27.2 Å². The molecule has 0 spiro atoms. The van der Waals surface area contributed by atoms with E-state index in [1.165, 1.54) is 19.5 Å². The first-order valence-electron chi connectivity index (χ1n) is 8.82. The summed E-state index contributed by atoms with van der Waals surface area (Å²) in [7, 11) is 4.40. The zero-order valence-corrected chi connectivity index (χ0v) is 13.9. The summed E-state index contributed by atoms with van der Waals surface area (Å²) < 4.78 is 0. The van der Waals surface area contributed by atoms with Crippen LogP contribution in [0.25, 0.3) is 0 Å². The Hall–Kier alpha value is -1.64. The fourth-order valence-corrected chi connectivity index (χ4v) is 4.66. The summed E-state index contributed by atoms with van der Waals surface area (Å²) in [4.78, 5) is 5.04. The topological polar surface area (TPSA) is 6.48 Å². The smallest absolute Gasteiger partial charge is 0.0608 e. The summed E-state index contributed by atoms with van der Waals surface area (Å²) in [6.45, 7) is 2.35. The van der Waals surface area contributed by atoms with Crippen LogP contribution < -0.4 is 0 Å². The molecule has 0 radical (unpaired) electrons. The molecule has 118 valence electrons. The van der Waals surface area contributed by atoms with Crippen LogP contribution in [0, 0.1) is 0 Å². The minimum atomic E-state index is 0.450. The summed E-state index contributed by atoms with van der Waals surface area (Å²) in [6, 6.07) is 19.5. The third-order valence-electron chi connectivity index (χ3n) is 6.16. The summed E-state index contributed by atoms with van der Waals surface area (Å²) in [5, 5.41) is 0. The van der Waals surface area contributed by atoms with Crippen LogP contribution in [0.2, 0.25) is 0 Å². The molecule has 2 heteroatoms. The fraction of sp³-hybridized carbons (Fsp3) is 0.429. The van der Waals surface area contributed by atoms with Gasteiger partial charge < -0.3 is 4.90 Å². The number of likely N-dealkylation sites (N-methyl/N-ethyl adjacent to an activating group) is 1. The second-order valence-electron chi connectivity index (χ2n) is 7.68. The quantitative estimate of drug-likeness (QED) is 0.836. The number of benzene rings is 2. The van der Waals surface area contributed by atoms with Gasteiger partial charge in [0.1, 0.15) is 0 Å². The van der Waals surface area contributed by atoms with Gasteiger partial charge in [-0.05, 0) is 54.6 Å². The maximum Gasteiger partial charge on any atom is 0.0608 e. The average Bonchev–Trinajstić information content (AvgIpc) is 3.30. The standard InChI is InChI=1S/C21H24N2/c1-22(2)14-12-23(13-14)21-17-9-5-3-7-15(17)19-11-20(19)16-8-4-6-10-18(16)21/h3-10,14,19-21H,11-13H2,1-2H3. The molecule has 1 aliphatic heterocycles. The van der Waals surface area contributed by atoms with Crippen molar-refractivity contribution in [1.29, 1.82) is 0 Å². The highest BCUT2D eigenvalue weighted by molar-refractivity contribution is 5.52. The van der Waals surface area contributed by atoms with Gasteiger partial charge in [-0.1, -0.05) is 48.5 Å². The van der Waals surface area contributed by atoms with Crippen molar-refractivity contribution in [3.8, 4) is 0 Å². The molecule has 0 N–H and O–H groups in total. The van der Waals surface area contributed by atoms with Crippen LogP contribution in [0.15, 0.2) is 48.5 Å². The molecule has 2 unspecified atom stereocenters. The van der Waals surface area contributed by atoms with Gasteiger partial charge in [-0.25, -0.2) is 0 Å². The van der Waals surface area contributed by atoms with Crippen LogP contribution in [0.1, 0.15) is 46.6 Å². The van der Waals surface area contributed by atoms with E-state index in [0.717, 1.165) is 11.8 Å². The molecule has 0 amide bonds. The van der Waals surface area contributed by atoms with Crippen molar-refractivity contribution in [2.24, 2.45) is 0 Å². The van der Waals surface area contributed by atoms with Crippen molar-refractivity contribution in [3.63, 3.8) is 0 Å². The van der Waals surface area contributed by atoms with Gasteiger partial charge >= 0.3 is 0 Å². The Bertz CT molecular complexity index is 694. The molecule has 0 bridgehead atoms. The number of hydrogen-bond donors (Lipinski definition) is 0. The summed E-state index contributed by atoms with van der Waals surface area (Å²) >= 11 is 0. The zero-order valence-electron chi connectivity index (χ0n) is 13.9. The van der Waals surface area contributed by atoms with E-state index < -0.39 is 0 Å². The highest BCUT2D eigenvalue weighted by Crippen LogP contribution is 2.60. The van der Waals surface area contributed by atoms with Gasteiger partial charge in [0.05, 0.1) is 6.04 Å². The van der Waals surface area contributed by atoms with Crippen LogP contribution in [0.5, 0.6) is 0 Å². The highest BCUT2D eigenvalue weighted by atomic mass is 15.3. The Morgan fingerprint density at radius 1 is 0.783 bits per heavy atom. The van der Waals surface area contributed by atoms with E-state index in [2.05, 4.69) is 72.4 Å². The molecule has 2 aliphatic carbocycles. The Balaban J connectivity index is 1.61. The van der Waals surface area contributed by atoms with Gasteiger partial charge in [0, 0.05) is 19.1 Å². The van der Waals surface area contributed by atoms with E-state index in [1.54, 1.807) is 22.3 Å². The van der Waals surface area contributed by atoms with Crippen LogP contribution in [0.3, 0.4) is 0 Å². The maximum atomic E-state index is 2.67. The van der Waals surface area contributed by atoms with Crippen molar-refractivity contribution in [2.45, 2.75) is 30.3 Å². The molecular weight excluding hydrogens is 280 g/mol. The van der Waals surface area contributed by atoms with E-state index >= 15 is 0 Å². The van der Waals surface area contributed by atoms with Gasteiger partial charge in [0.25, 0.3) is 0 Å². The molecule has 1 heterocycles. The van der Waals surface area contributed by atoms with E-state index in [0.29, 0.717) is 12.1 Å². The second kappa shape index (κ2) is 4.93. The first kappa shape index (κ1) is 13.8. The van der Waals surface area contributed by atoms with Gasteiger partial charge in [-0.15, -0.1) is 0 Å². The molecule has 2 nitrogen and oxygen atoms in total. The lowest BCUT2D eigenvalue weighted by Crippen LogP contribution is -2.58. The third kappa shape index (κ3) is 2.02. The fourth-order valence-electron chi connectivity index (χ4n) is 4.66. The molecule has 2 fully saturated rings. The molecule has 0 aromatic heterocycles. The predicted molar refractivity (Wildman–Crippen MR) is 93.9 cm³/mol. The monoisotopic (exact) mass is 304 g/mol. The van der Waals surface area contributed by atoms with Crippen molar-refractivity contribution in [1.82, 2.24) is 9.80 Å². The molecular formula is C21H24N2. The van der Waals surface area contributed by atoms with Crippen molar-refractivity contribution in [3.05, 3.63) is 70.8 Å². The average molecular weight is 304 g/mol. The normalized spacial score (nSPS) is 29.3. The highest BCUT2D eigenvalue weighted by Gasteiger charge is 2.47. The Kier molecular flexibility index (Phi) is 2.95. The third-order valence-corrected chi connectivity index (χ3v) is 6.16. The molecule has 1 saturated carbocycles. The second-order valence-corrected chi connectivity index (χ2v) is 7.68. The van der Waals surface area contributed by atoms with Gasteiger partial charge in [-0.3, -0.25) is 4.90 Å². The number of rotatable bonds is 2. The van der Waals surface area contributed by atoms with Crippen molar-refractivity contribution >= 4 is 0 Å². The Morgan fingerprint density at radius 2 is 1.26 bits per heavy atom. The molecule has 2 atom stereocenters. The largest absolute Gasteiger partial charge is 0.304 e. The first-order chi connectivity index (χ1) is 11.2. The minimum absolute atomic E-state index is 0.450. The van der Waals surface area contributed by atoms with E-state index in [1.807, 2.05) is 0 Å². The number of nitrogens with zero attached hydrogens (tertiary/aromatic N) is 2. The summed E-state index contributed by atoms with van der Waals surface area (Å²) in [6.07, 6.45) is 1.33. The minimum Gasteiger partial charge on any atom is -0.304 e. The molecule has 2 aromatic carbocycles. The lowest BCUT2D eigenvalue weighted by molar-refractivity contribution is 0.0391. The number of likely N-dealkylation sites (tertiary alicyclic amines) is 1. The van der Waals surface area contributed by atoms with Gasteiger partial charge in [-0.2, -0.15) is 0 Å². The van der Waals surface area contributed by atoms with Gasteiger partial charge in [0.2, 0.25) is 0 Å². The SMILES string of the molecule is CN(C)C1CN(C2c3ccccc3C3CC3c3ccccc32)C1. The van der Waals surface area contributed by atoms with Crippen molar-refractivity contribution < 1.29 is 0 Å².